The Morgan fingerprint density at radius 2 is 2.40 bits per heavy atom. The summed E-state index contributed by atoms with van der Waals surface area (Å²) in [7, 11) is 1.64. The summed E-state index contributed by atoms with van der Waals surface area (Å²) in [5.74, 6) is 0. The second-order valence-corrected chi connectivity index (χ2v) is 2.49. The van der Waals surface area contributed by atoms with Gasteiger partial charge in [0.25, 0.3) is 0 Å². The minimum absolute atomic E-state index is 0.978. The minimum atomic E-state index is 0.978. The van der Waals surface area contributed by atoms with Gasteiger partial charge in [-0.1, -0.05) is 0 Å². The fourth-order valence-corrected chi connectivity index (χ4v) is 1.07. The van der Waals surface area contributed by atoms with Gasteiger partial charge in [-0.25, -0.2) is 0 Å². The normalized spacial score (nSPS) is 19.4. The van der Waals surface area contributed by atoms with Crippen molar-refractivity contribution in [3.8, 4) is 0 Å². The Hall–Kier alpha value is -0.540. The molecule has 2 N–H and O–H groups in total. The number of hydroxylamine groups is 1. The second kappa shape index (κ2) is 3.58. The van der Waals surface area contributed by atoms with Crippen LogP contribution in [0.25, 0.3) is 0 Å². The van der Waals surface area contributed by atoms with Crippen LogP contribution in [0.3, 0.4) is 0 Å². The topological polar surface area (TPSA) is 33.3 Å². The fourth-order valence-electron chi connectivity index (χ4n) is 1.07. The molecule has 58 valence electrons. The van der Waals surface area contributed by atoms with Gasteiger partial charge in [-0.3, -0.25) is 10.3 Å². The average Bonchev–Trinajstić information content (AvgIpc) is 1.94. The highest BCUT2D eigenvalue weighted by atomic mass is 16.6. The molecule has 0 amide bonds. The van der Waals surface area contributed by atoms with Crippen LogP contribution in [-0.4, -0.2) is 20.2 Å². The number of hydrogen-bond acceptors (Lipinski definition) is 3. The third-order valence-electron chi connectivity index (χ3n) is 1.68. The summed E-state index contributed by atoms with van der Waals surface area (Å²) in [5.41, 5.74) is 5.44. The van der Waals surface area contributed by atoms with Gasteiger partial charge in [0, 0.05) is 25.2 Å². The van der Waals surface area contributed by atoms with Crippen molar-refractivity contribution in [2.24, 2.45) is 0 Å². The molecular weight excluding hydrogens is 128 g/mol. The van der Waals surface area contributed by atoms with E-state index in [4.69, 9.17) is 4.84 Å². The molecule has 1 aliphatic rings. The molecule has 0 saturated heterocycles. The molecule has 0 aromatic heterocycles. The largest absolute Gasteiger partial charge is 0.313 e. The lowest BCUT2D eigenvalue weighted by Crippen LogP contribution is -2.29. The molecule has 3 heteroatoms. The van der Waals surface area contributed by atoms with Crippen LogP contribution in [0.5, 0.6) is 0 Å². The standard InChI is InChI=1S/C7H14N2O/c1-6-5-8-4-3-7(6)9-10-2/h8-9H,3-5H2,1-2H3. The lowest BCUT2D eigenvalue weighted by Gasteiger charge is -2.18. The lowest BCUT2D eigenvalue weighted by molar-refractivity contribution is 0.112. The average molecular weight is 142 g/mol. The summed E-state index contributed by atoms with van der Waals surface area (Å²) < 4.78 is 0. The predicted molar refractivity (Wildman–Crippen MR) is 40.3 cm³/mol. The van der Waals surface area contributed by atoms with Gasteiger partial charge in [-0.15, -0.1) is 0 Å². The molecule has 1 aliphatic heterocycles. The van der Waals surface area contributed by atoms with E-state index in [-0.39, 0.29) is 0 Å². The summed E-state index contributed by atoms with van der Waals surface area (Å²) in [6.07, 6.45) is 1.04. The van der Waals surface area contributed by atoms with Crippen LogP contribution < -0.4 is 10.8 Å². The molecule has 0 saturated carbocycles. The van der Waals surface area contributed by atoms with E-state index in [2.05, 4.69) is 17.7 Å². The molecule has 0 aliphatic carbocycles. The van der Waals surface area contributed by atoms with Crippen LogP contribution in [0.4, 0.5) is 0 Å². The van der Waals surface area contributed by atoms with Crippen molar-refractivity contribution in [2.75, 3.05) is 20.2 Å². The van der Waals surface area contributed by atoms with Crippen LogP contribution in [0.1, 0.15) is 13.3 Å². The first-order valence-electron chi connectivity index (χ1n) is 3.53. The van der Waals surface area contributed by atoms with Gasteiger partial charge in [0.1, 0.15) is 0 Å². The molecule has 0 fully saturated rings. The molecule has 10 heavy (non-hydrogen) atoms. The summed E-state index contributed by atoms with van der Waals surface area (Å²) >= 11 is 0. The maximum atomic E-state index is 4.82. The van der Waals surface area contributed by atoms with Gasteiger partial charge in [0.05, 0.1) is 7.11 Å². The molecule has 0 aromatic rings. The third-order valence-corrected chi connectivity index (χ3v) is 1.68. The van der Waals surface area contributed by atoms with E-state index < -0.39 is 0 Å². The summed E-state index contributed by atoms with van der Waals surface area (Å²) in [6.45, 7) is 4.13. The molecular formula is C7H14N2O. The second-order valence-electron chi connectivity index (χ2n) is 2.49. The van der Waals surface area contributed by atoms with Crippen molar-refractivity contribution in [3.05, 3.63) is 11.3 Å². The first-order valence-corrected chi connectivity index (χ1v) is 3.53. The lowest BCUT2D eigenvalue weighted by atomic mass is 10.1. The zero-order valence-corrected chi connectivity index (χ0v) is 6.53. The van der Waals surface area contributed by atoms with Gasteiger partial charge in [0.2, 0.25) is 0 Å². The zero-order chi connectivity index (χ0) is 7.40. The highest BCUT2D eigenvalue weighted by Crippen LogP contribution is 2.07. The van der Waals surface area contributed by atoms with Crippen molar-refractivity contribution >= 4 is 0 Å². The molecule has 0 aromatic carbocycles. The Morgan fingerprint density at radius 3 is 3.00 bits per heavy atom. The maximum Gasteiger partial charge on any atom is 0.0636 e. The molecule has 0 radical (unpaired) electrons. The molecule has 0 atom stereocenters. The number of rotatable bonds is 2. The summed E-state index contributed by atoms with van der Waals surface area (Å²) in [5, 5.41) is 3.27. The van der Waals surface area contributed by atoms with Crippen LogP contribution in [0.2, 0.25) is 0 Å². The van der Waals surface area contributed by atoms with Crippen LogP contribution in [-0.2, 0) is 4.84 Å². The van der Waals surface area contributed by atoms with E-state index in [1.807, 2.05) is 0 Å². The van der Waals surface area contributed by atoms with E-state index in [0.717, 1.165) is 19.5 Å². The quantitative estimate of drug-likeness (QED) is 0.548. The Labute approximate surface area is 61.4 Å². The van der Waals surface area contributed by atoms with E-state index in [0.29, 0.717) is 0 Å². The van der Waals surface area contributed by atoms with Gasteiger partial charge in [0.15, 0.2) is 0 Å². The minimum Gasteiger partial charge on any atom is -0.313 e. The number of nitrogens with one attached hydrogen (secondary N) is 2. The van der Waals surface area contributed by atoms with Crippen LogP contribution in [0, 0.1) is 0 Å². The Bertz CT molecular complexity index is 143. The van der Waals surface area contributed by atoms with Crippen molar-refractivity contribution in [1.29, 1.82) is 0 Å². The van der Waals surface area contributed by atoms with Crippen molar-refractivity contribution < 1.29 is 4.84 Å². The molecule has 0 bridgehead atoms. The summed E-state index contributed by atoms with van der Waals surface area (Å²) in [4.78, 5) is 4.82. The number of hydrogen-bond donors (Lipinski definition) is 2. The van der Waals surface area contributed by atoms with E-state index in [1.54, 1.807) is 7.11 Å². The van der Waals surface area contributed by atoms with E-state index in [9.17, 15) is 0 Å². The SMILES string of the molecule is CONC1=C(C)CNCC1. The van der Waals surface area contributed by atoms with Gasteiger partial charge in [-0.05, 0) is 12.5 Å². The predicted octanol–water partition coefficient (Wildman–Crippen LogP) is 0.405. The Morgan fingerprint density at radius 1 is 1.60 bits per heavy atom. The molecule has 3 nitrogen and oxygen atoms in total. The molecule has 1 rings (SSSR count). The fraction of sp³-hybridized carbons (Fsp3) is 0.714. The van der Waals surface area contributed by atoms with Crippen LogP contribution in [0.15, 0.2) is 11.3 Å². The van der Waals surface area contributed by atoms with Gasteiger partial charge in [-0.2, -0.15) is 0 Å². The van der Waals surface area contributed by atoms with E-state index in [1.165, 1.54) is 11.3 Å². The van der Waals surface area contributed by atoms with Crippen molar-refractivity contribution in [3.63, 3.8) is 0 Å². The Kier molecular flexibility index (Phi) is 2.71. The van der Waals surface area contributed by atoms with Gasteiger partial charge >= 0.3 is 0 Å². The highest BCUT2D eigenvalue weighted by Gasteiger charge is 2.06. The highest BCUT2D eigenvalue weighted by molar-refractivity contribution is 5.13. The first-order chi connectivity index (χ1) is 4.84. The monoisotopic (exact) mass is 142 g/mol. The van der Waals surface area contributed by atoms with E-state index >= 15 is 0 Å². The molecule has 0 unspecified atom stereocenters. The third kappa shape index (κ3) is 1.72. The molecule has 0 spiro atoms. The Balaban J connectivity index is 2.50. The van der Waals surface area contributed by atoms with Crippen molar-refractivity contribution in [2.45, 2.75) is 13.3 Å². The van der Waals surface area contributed by atoms with Gasteiger partial charge < -0.3 is 5.32 Å². The van der Waals surface area contributed by atoms with Crippen molar-refractivity contribution in [1.82, 2.24) is 10.8 Å². The first kappa shape index (κ1) is 7.57. The zero-order valence-electron chi connectivity index (χ0n) is 6.53. The van der Waals surface area contributed by atoms with Crippen LogP contribution >= 0.6 is 0 Å². The molecule has 1 heterocycles. The maximum absolute atomic E-state index is 4.82. The summed E-state index contributed by atoms with van der Waals surface area (Å²) in [6, 6.07) is 0. The smallest absolute Gasteiger partial charge is 0.0636 e.